The van der Waals surface area contributed by atoms with Crippen molar-refractivity contribution >= 4 is 17.7 Å². The number of piperidine rings is 2. The van der Waals surface area contributed by atoms with Crippen molar-refractivity contribution in [2.75, 3.05) is 39.9 Å². The number of nitrogens with zero attached hydrogens (tertiary/aromatic N) is 2. The number of carbonyl (C=O) groups excluding carboxylic acids is 3. The van der Waals surface area contributed by atoms with Crippen LogP contribution < -0.4 is 5.32 Å². The average molecular weight is 419 g/mol. The van der Waals surface area contributed by atoms with Crippen molar-refractivity contribution in [2.45, 2.75) is 38.1 Å². The lowest BCUT2D eigenvalue weighted by Gasteiger charge is -2.38. The molecule has 1 aromatic rings. The van der Waals surface area contributed by atoms with Crippen LogP contribution in [0, 0.1) is 11.7 Å². The van der Waals surface area contributed by atoms with Crippen molar-refractivity contribution in [2.24, 2.45) is 5.92 Å². The summed E-state index contributed by atoms with van der Waals surface area (Å²) in [4.78, 5) is 41.6. The third kappa shape index (κ3) is 5.36. The maximum atomic E-state index is 14.1. The van der Waals surface area contributed by atoms with Gasteiger partial charge in [0.25, 0.3) is 5.91 Å². The molecule has 3 amide bonds. The van der Waals surface area contributed by atoms with Crippen molar-refractivity contribution in [1.29, 1.82) is 0 Å². The maximum Gasteiger partial charge on any atom is 0.254 e. The second kappa shape index (κ2) is 10.5. The van der Waals surface area contributed by atoms with Gasteiger partial charge in [-0.2, -0.15) is 0 Å². The molecule has 0 spiro atoms. The van der Waals surface area contributed by atoms with Gasteiger partial charge < -0.3 is 19.9 Å². The highest BCUT2D eigenvalue weighted by atomic mass is 19.1. The Kier molecular flexibility index (Phi) is 7.79. The van der Waals surface area contributed by atoms with E-state index in [2.05, 4.69) is 5.32 Å². The van der Waals surface area contributed by atoms with E-state index < -0.39 is 17.8 Å². The van der Waals surface area contributed by atoms with E-state index in [0.717, 1.165) is 19.3 Å². The Morgan fingerprint density at radius 2 is 1.73 bits per heavy atom. The van der Waals surface area contributed by atoms with Gasteiger partial charge in [0.15, 0.2) is 0 Å². The molecule has 164 valence electrons. The molecule has 8 heteroatoms. The zero-order chi connectivity index (χ0) is 21.5. The van der Waals surface area contributed by atoms with E-state index in [1.165, 1.54) is 25.3 Å². The quantitative estimate of drug-likeness (QED) is 0.763. The zero-order valence-electron chi connectivity index (χ0n) is 17.4. The van der Waals surface area contributed by atoms with Gasteiger partial charge in [0.1, 0.15) is 18.5 Å². The van der Waals surface area contributed by atoms with Gasteiger partial charge in [-0.1, -0.05) is 12.1 Å². The topological polar surface area (TPSA) is 79.0 Å². The van der Waals surface area contributed by atoms with Crippen LogP contribution in [0.15, 0.2) is 24.3 Å². The highest BCUT2D eigenvalue weighted by Crippen LogP contribution is 2.24. The van der Waals surface area contributed by atoms with Crippen molar-refractivity contribution in [3.8, 4) is 0 Å². The fraction of sp³-hybridized carbons (Fsp3) is 0.591. The monoisotopic (exact) mass is 419 g/mol. The Hall–Kier alpha value is -2.48. The molecule has 2 aliphatic rings. The minimum Gasteiger partial charge on any atom is -0.375 e. The van der Waals surface area contributed by atoms with E-state index in [1.54, 1.807) is 15.9 Å². The molecule has 1 aromatic carbocycles. The number of rotatable bonds is 6. The van der Waals surface area contributed by atoms with Crippen molar-refractivity contribution in [3.05, 3.63) is 35.6 Å². The number of hydrogen-bond acceptors (Lipinski definition) is 4. The molecule has 2 saturated heterocycles. The summed E-state index contributed by atoms with van der Waals surface area (Å²) in [5, 5.41) is 2.81. The van der Waals surface area contributed by atoms with E-state index in [9.17, 15) is 18.8 Å². The molecular weight excluding hydrogens is 389 g/mol. The summed E-state index contributed by atoms with van der Waals surface area (Å²) in [6.07, 6.45) is 4.18. The van der Waals surface area contributed by atoms with Crippen LogP contribution in [-0.2, 0) is 14.3 Å². The largest absolute Gasteiger partial charge is 0.375 e. The summed E-state index contributed by atoms with van der Waals surface area (Å²) in [6.45, 7) is 2.40. The van der Waals surface area contributed by atoms with E-state index >= 15 is 0 Å². The lowest BCUT2D eigenvalue weighted by Crippen LogP contribution is -2.55. The summed E-state index contributed by atoms with van der Waals surface area (Å²) < 4.78 is 19.0. The van der Waals surface area contributed by atoms with Gasteiger partial charge >= 0.3 is 0 Å². The molecule has 3 rings (SSSR count). The number of methoxy groups -OCH3 is 1. The first-order valence-electron chi connectivity index (χ1n) is 10.6. The van der Waals surface area contributed by atoms with Gasteiger partial charge in [-0.25, -0.2) is 4.39 Å². The molecule has 1 N–H and O–H groups in total. The summed E-state index contributed by atoms with van der Waals surface area (Å²) in [5.74, 6) is -1.49. The van der Waals surface area contributed by atoms with Crippen LogP contribution in [0.3, 0.4) is 0 Å². The molecule has 0 aliphatic carbocycles. The minimum absolute atomic E-state index is 0.0326. The number of nitrogens with one attached hydrogen (secondary N) is 1. The first-order valence-corrected chi connectivity index (χ1v) is 10.6. The number of ether oxygens (including phenoxy) is 1. The number of halogens is 1. The highest BCUT2D eigenvalue weighted by molar-refractivity contribution is 5.97. The number of likely N-dealkylation sites (tertiary alicyclic amines) is 2. The van der Waals surface area contributed by atoms with Crippen LogP contribution in [-0.4, -0.2) is 73.5 Å². The number of hydrogen-bond donors (Lipinski definition) is 1. The van der Waals surface area contributed by atoms with Crippen LogP contribution in [0.2, 0.25) is 0 Å². The highest BCUT2D eigenvalue weighted by Gasteiger charge is 2.36. The SMILES string of the molecule is COCC(=O)N1CCC([C@@H](NC(=O)c2ccccc2F)C(=O)N2CCCCC2)CC1. The third-order valence-electron chi connectivity index (χ3n) is 5.97. The predicted molar refractivity (Wildman–Crippen MR) is 109 cm³/mol. The summed E-state index contributed by atoms with van der Waals surface area (Å²) in [6, 6.07) is 5.04. The summed E-state index contributed by atoms with van der Waals surface area (Å²) in [7, 11) is 1.48. The van der Waals surface area contributed by atoms with Crippen LogP contribution in [0.25, 0.3) is 0 Å². The molecule has 0 radical (unpaired) electrons. The second-order valence-electron chi connectivity index (χ2n) is 7.97. The van der Waals surface area contributed by atoms with Gasteiger partial charge in [-0.05, 0) is 50.2 Å². The standard InChI is InChI=1S/C22H30FN3O4/c1-30-15-19(27)25-13-9-16(10-14-25)20(22(29)26-11-5-2-6-12-26)24-21(28)17-7-3-4-8-18(17)23/h3-4,7-8,16,20H,2,5-6,9-15H2,1H3,(H,24,28)/t20-/m1/s1. The first-order chi connectivity index (χ1) is 14.5. The molecule has 0 unspecified atom stereocenters. The number of amides is 3. The molecule has 1 atom stereocenters. The summed E-state index contributed by atoms with van der Waals surface area (Å²) >= 11 is 0. The van der Waals surface area contributed by atoms with Crippen molar-refractivity contribution in [3.63, 3.8) is 0 Å². The van der Waals surface area contributed by atoms with E-state index in [1.807, 2.05) is 0 Å². The van der Waals surface area contributed by atoms with E-state index in [4.69, 9.17) is 4.74 Å². The Morgan fingerprint density at radius 3 is 2.37 bits per heavy atom. The molecule has 0 bridgehead atoms. The van der Waals surface area contributed by atoms with E-state index in [-0.39, 0.29) is 29.9 Å². The van der Waals surface area contributed by atoms with Gasteiger partial charge in [0, 0.05) is 33.3 Å². The van der Waals surface area contributed by atoms with Crippen LogP contribution in [0.4, 0.5) is 4.39 Å². The molecule has 0 aromatic heterocycles. The fourth-order valence-electron chi connectivity index (χ4n) is 4.25. The Bertz CT molecular complexity index is 759. The molecule has 2 aliphatic heterocycles. The van der Waals surface area contributed by atoms with Gasteiger partial charge in [0.2, 0.25) is 11.8 Å². The Labute approximate surface area is 176 Å². The Morgan fingerprint density at radius 1 is 1.07 bits per heavy atom. The van der Waals surface area contributed by atoms with E-state index in [0.29, 0.717) is 39.0 Å². The number of carbonyl (C=O) groups is 3. The smallest absolute Gasteiger partial charge is 0.254 e. The molecule has 30 heavy (non-hydrogen) atoms. The molecular formula is C22H30FN3O4. The lowest BCUT2D eigenvalue weighted by molar-refractivity contribution is -0.138. The molecule has 0 saturated carbocycles. The van der Waals surface area contributed by atoms with Crippen LogP contribution in [0.5, 0.6) is 0 Å². The molecule has 2 heterocycles. The van der Waals surface area contributed by atoms with Crippen molar-refractivity contribution < 1.29 is 23.5 Å². The van der Waals surface area contributed by atoms with Gasteiger partial charge in [0.05, 0.1) is 5.56 Å². The minimum atomic E-state index is -0.727. The third-order valence-corrected chi connectivity index (χ3v) is 5.97. The van der Waals surface area contributed by atoms with Gasteiger partial charge in [-0.15, -0.1) is 0 Å². The predicted octanol–water partition coefficient (Wildman–Crippen LogP) is 1.82. The first kappa shape index (κ1) is 22.2. The molecule has 2 fully saturated rings. The molecule has 7 nitrogen and oxygen atoms in total. The second-order valence-corrected chi connectivity index (χ2v) is 7.97. The average Bonchev–Trinajstić information content (AvgIpc) is 2.78. The summed E-state index contributed by atoms with van der Waals surface area (Å²) in [5.41, 5.74) is -0.0679. The number of benzene rings is 1. The van der Waals surface area contributed by atoms with Crippen LogP contribution >= 0.6 is 0 Å². The van der Waals surface area contributed by atoms with Gasteiger partial charge in [-0.3, -0.25) is 14.4 Å². The lowest BCUT2D eigenvalue weighted by atomic mass is 9.87. The fourth-order valence-corrected chi connectivity index (χ4v) is 4.25. The Balaban J connectivity index is 1.73. The normalized spacial score (nSPS) is 18.7. The zero-order valence-corrected chi connectivity index (χ0v) is 17.4. The maximum absolute atomic E-state index is 14.1. The van der Waals surface area contributed by atoms with Crippen molar-refractivity contribution in [1.82, 2.24) is 15.1 Å². The van der Waals surface area contributed by atoms with Crippen LogP contribution in [0.1, 0.15) is 42.5 Å².